The van der Waals surface area contributed by atoms with E-state index in [2.05, 4.69) is 20.4 Å². The molecular formula is C14H18N4O4. The van der Waals surface area contributed by atoms with Crippen LogP contribution in [0.3, 0.4) is 0 Å². The van der Waals surface area contributed by atoms with E-state index in [1.807, 2.05) is 6.92 Å². The lowest BCUT2D eigenvalue weighted by atomic mass is 10.2. The lowest BCUT2D eigenvalue weighted by Crippen LogP contribution is -2.13. The lowest BCUT2D eigenvalue weighted by Gasteiger charge is -2.11. The van der Waals surface area contributed by atoms with E-state index in [0.29, 0.717) is 23.3 Å². The van der Waals surface area contributed by atoms with Crippen molar-refractivity contribution in [2.45, 2.75) is 39.2 Å². The third-order valence-corrected chi connectivity index (χ3v) is 3.08. The van der Waals surface area contributed by atoms with Gasteiger partial charge in [0.15, 0.2) is 0 Å². The number of aromatic nitrogens is 4. The number of esters is 1. The SMILES string of the molecule is CC(=O)O[C@H](C)CCCCOc1n[nH]c(=O)c2cnncc12. The highest BCUT2D eigenvalue weighted by molar-refractivity contribution is 5.83. The van der Waals surface area contributed by atoms with Gasteiger partial charge in [-0.15, -0.1) is 5.10 Å². The Morgan fingerprint density at radius 2 is 2.00 bits per heavy atom. The number of carbonyl (C=O) groups excluding carboxylic acids is 1. The Bertz CT molecular complexity index is 701. The number of carbonyl (C=O) groups is 1. The number of hydrogen-bond acceptors (Lipinski definition) is 7. The van der Waals surface area contributed by atoms with E-state index in [1.54, 1.807) is 0 Å². The molecule has 0 saturated carbocycles. The average molecular weight is 306 g/mol. The standard InChI is InChI=1S/C14H18N4O4/c1-9(22-10(2)19)5-3-4-6-21-14-12-8-16-15-7-11(12)13(20)17-18-14/h7-9H,3-6H2,1-2H3,(H,17,20)/t9-/m1/s1. The Kier molecular flexibility index (Phi) is 5.40. The summed E-state index contributed by atoms with van der Waals surface area (Å²) in [6.07, 6.45) is 5.15. The predicted molar refractivity (Wildman–Crippen MR) is 78.5 cm³/mol. The van der Waals surface area contributed by atoms with Crippen molar-refractivity contribution >= 4 is 16.7 Å². The Balaban J connectivity index is 1.84. The molecule has 0 amide bonds. The zero-order chi connectivity index (χ0) is 15.9. The summed E-state index contributed by atoms with van der Waals surface area (Å²) in [5.41, 5.74) is -0.326. The molecule has 0 saturated heterocycles. The molecule has 2 rings (SSSR count). The highest BCUT2D eigenvalue weighted by Crippen LogP contribution is 2.17. The molecule has 0 spiro atoms. The Labute approximate surface area is 126 Å². The third kappa shape index (κ3) is 4.24. The van der Waals surface area contributed by atoms with Gasteiger partial charge in [0.1, 0.15) is 0 Å². The van der Waals surface area contributed by atoms with Crippen LogP contribution >= 0.6 is 0 Å². The lowest BCUT2D eigenvalue weighted by molar-refractivity contribution is -0.145. The summed E-state index contributed by atoms with van der Waals surface area (Å²) in [5.74, 6) is 0.0614. The van der Waals surface area contributed by atoms with Crippen molar-refractivity contribution in [3.05, 3.63) is 22.7 Å². The molecule has 8 nitrogen and oxygen atoms in total. The van der Waals surface area contributed by atoms with Crippen LogP contribution in [0.25, 0.3) is 10.8 Å². The Morgan fingerprint density at radius 1 is 1.27 bits per heavy atom. The average Bonchev–Trinajstić information content (AvgIpc) is 2.48. The van der Waals surface area contributed by atoms with Crippen molar-refractivity contribution < 1.29 is 14.3 Å². The van der Waals surface area contributed by atoms with E-state index in [9.17, 15) is 9.59 Å². The van der Waals surface area contributed by atoms with Crippen molar-refractivity contribution in [2.75, 3.05) is 6.61 Å². The number of aromatic amines is 1. The number of ether oxygens (including phenoxy) is 2. The zero-order valence-corrected chi connectivity index (χ0v) is 12.5. The zero-order valence-electron chi connectivity index (χ0n) is 12.5. The minimum atomic E-state index is -0.326. The van der Waals surface area contributed by atoms with Crippen LogP contribution in [-0.2, 0) is 9.53 Å². The number of nitrogens with zero attached hydrogens (tertiary/aromatic N) is 3. The molecular weight excluding hydrogens is 288 g/mol. The third-order valence-electron chi connectivity index (χ3n) is 3.08. The van der Waals surface area contributed by atoms with E-state index < -0.39 is 0 Å². The van der Waals surface area contributed by atoms with Gasteiger partial charge in [-0.05, 0) is 26.2 Å². The van der Waals surface area contributed by atoms with Gasteiger partial charge < -0.3 is 9.47 Å². The first-order chi connectivity index (χ1) is 10.6. The van der Waals surface area contributed by atoms with Crippen LogP contribution in [-0.4, -0.2) is 39.1 Å². The fourth-order valence-electron chi connectivity index (χ4n) is 2.05. The number of unbranched alkanes of at least 4 members (excludes halogenated alkanes) is 1. The van der Waals surface area contributed by atoms with Gasteiger partial charge in [0.2, 0.25) is 5.88 Å². The van der Waals surface area contributed by atoms with Crippen molar-refractivity contribution in [2.24, 2.45) is 0 Å². The second-order valence-electron chi connectivity index (χ2n) is 4.94. The highest BCUT2D eigenvalue weighted by atomic mass is 16.5. The van der Waals surface area contributed by atoms with E-state index in [1.165, 1.54) is 19.3 Å². The number of nitrogens with one attached hydrogen (secondary N) is 1. The highest BCUT2D eigenvalue weighted by Gasteiger charge is 2.08. The molecule has 0 unspecified atom stereocenters. The van der Waals surface area contributed by atoms with Crippen LogP contribution in [0.1, 0.15) is 33.1 Å². The fraction of sp³-hybridized carbons (Fsp3) is 0.500. The normalized spacial score (nSPS) is 12.1. The van der Waals surface area contributed by atoms with Crippen molar-refractivity contribution in [1.82, 2.24) is 20.4 Å². The molecule has 0 radical (unpaired) electrons. The van der Waals surface area contributed by atoms with Gasteiger partial charge in [0, 0.05) is 6.92 Å². The first kappa shape index (κ1) is 15.9. The smallest absolute Gasteiger partial charge is 0.302 e. The largest absolute Gasteiger partial charge is 0.476 e. The number of hydrogen-bond donors (Lipinski definition) is 1. The summed E-state index contributed by atoms with van der Waals surface area (Å²) < 4.78 is 10.6. The van der Waals surface area contributed by atoms with Crippen molar-refractivity contribution in [3.8, 4) is 5.88 Å². The van der Waals surface area contributed by atoms with Gasteiger partial charge in [-0.2, -0.15) is 10.2 Å². The molecule has 118 valence electrons. The molecule has 2 aromatic rings. The monoisotopic (exact) mass is 306 g/mol. The van der Waals surface area contributed by atoms with Gasteiger partial charge in [0.25, 0.3) is 5.56 Å². The summed E-state index contributed by atoms with van der Waals surface area (Å²) in [6.45, 7) is 3.71. The van der Waals surface area contributed by atoms with Crippen LogP contribution < -0.4 is 10.3 Å². The summed E-state index contributed by atoms with van der Waals surface area (Å²) in [6, 6.07) is 0. The molecule has 8 heteroatoms. The summed E-state index contributed by atoms with van der Waals surface area (Å²) in [5, 5.41) is 14.6. The topological polar surface area (TPSA) is 107 Å². The van der Waals surface area contributed by atoms with Crippen LogP contribution in [0.5, 0.6) is 5.88 Å². The van der Waals surface area contributed by atoms with E-state index in [-0.39, 0.29) is 17.6 Å². The molecule has 2 aromatic heterocycles. The summed E-state index contributed by atoms with van der Waals surface area (Å²) in [7, 11) is 0. The van der Waals surface area contributed by atoms with Gasteiger partial charge in [-0.3, -0.25) is 9.59 Å². The quantitative estimate of drug-likeness (QED) is 0.605. The fourth-order valence-corrected chi connectivity index (χ4v) is 2.05. The first-order valence-electron chi connectivity index (χ1n) is 7.07. The minimum absolute atomic E-state index is 0.0974. The molecule has 1 N–H and O–H groups in total. The van der Waals surface area contributed by atoms with Gasteiger partial charge in [0.05, 0.1) is 35.9 Å². The molecule has 0 aliphatic heterocycles. The van der Waals surface area contributed by atoms with E-state index in [0.717, 1.165) is 19.3 Å². The van der Waals surface area contributed by atoms with Crippen LogP contribution in [0, 0.1) is 0 Å². The second kappa shape index (κ2) is 7.48. The minimum Gasteiger partial charge on any atom is -0.476 e. The van der Waals surface area contributed by atoms with Crippen LogP contribution in [0.4, 0.5) is 0 Å². The van der Waals surface area contributed by atoms with Gasteiger partial charge in [-0.25, -0.2) is 5.10 Å². The molecule has 0 bridgehead atoms. The van der Waals surface area contributed by atoms with E-state index >= 15 is 0 Å². The Hall–Kier alpha value is -2.51. The summed E-state index contributed by atoms with van der Waals surface area (Å²) >= 11 is 0. The van der Waals surface area contributed by atoms with Crippen molar-refractivity contribution in [3.63, 3.8) is 0 Å². The summed E-state index contributed by atoms with van der Waals surface area (Å²) in [4.78, 5) is 22.4. The predicted octanol–water partition coefficient (Wildman–Crippen LogP) is 1.21. The van der Waals surface area contributed by atoms with Crippen molar-refractivity contribution in [1.29, 1.82) is 0 Å². The molecule has 0 aliphatic carbocycles. The second-order valence-corrected chi connectivity index (χ2v) is 4.94. The number of fused-ring (bicyclic) bond motifs is 1. The number of H-pyrrole nitrogens is 1. The molecule has 0 fully saturated rings. The van der Waals surface area contributed by atoms with Gasteiger partial charge >= 0.3 is 5.97 Å². The Morgan fingerprint density at radius 3 is 2.73 bits per heavy atom. The first-order valence-corrected chi connectivity index (χ1v) is 7.07. The number of rotatable bonds is 7. The van der Waals surface area contributed by atoms with Crippen LogP contribution in [0.15, 0.2) is 17.2 Å². The molecule has 0 aliphatic rings. The molecule has 0 aromatic carbocycles. The van der Waals surface area contributed by atoms with E-state index in [4.69, 9.17) is 9.47 Å². The molecule has 2 heterocycles. The maximum atomic E-state index is 11.6. The maximum Gasteiger partial charge on any atom is 0.302 e. The van der Waals surface area contributed by atoms with Crippen LogP contribution in [0.2, 0.25) is 0 Å². The maximum absolute atomic E-state index is 11.6. The molecule has 22 heavy (non-hydrogen) atoms. The molecule has 1 atom stereocenters. The van der Waals surface area contributed by atoms with Gasteiger partial charge in [-0.1, -0.05) is 0 Å².